The topological polar surface area (TPSA) is 79.8 Å². The predicted octanol–water partition coefficient (Wildman–Crippen LogP) is 0.579. The molecule has 18 heavy (non-hydrogen) atoms. The van der Waals surface area contributed by atoms with Crippen molar-refractivity contribution in [2.75, 3.05) is 18.4 Å². The molecule has 100 valence electrons. The molecule has 0 saturated heterocycles. The summed E-state index contributed by atoms with van der Waals surface area (Å²) in [6.07, 6.45) is -4.35. The summed E-state index contributed by atoms with van der Waals surface area (Å²) in [4.78, 5) is 15.2. The molecule has 0 aliphatic heterocycles. The van der Waals surface area contributed by atoms with Gasteiger partial charge in [-0.05, 0) is 13.8 Å². The molecule has 0 spiro atoms. The Morgan fingerprint density at radius 1 is 1.22 bits per heavy atom. The summed E-state index contributed by atoms with van der Waals surface area (Å²) in [5.41, 5.74) is 1.20. The van der Waals surface area contributed by atoms with E-state index in [1.807, 2.05) is 5.32 Å². The van der Waals surface area contributed by atoms with E-state index in [0.29, 0.717) is 11.4 Å². The van der Waals surface area contributed by atoms with Gasteiger partial charge in [-0.3, -0.25) is 10.1 Å². The highest BCUT2D eigenvalue weighted by atomic mass is 19.4. The molecule has 2 N–H and O–H groups in total. The van der Waals surface area contributed by atoms with Crippen molar-refractivity contribution < 1.29 is 18.0 Å². The average Bonchev–Trinajstić information content (AvgIpc) is 2.21. The largest absolute Gasteiger partial charge is 0.401 e. The summed E-state index contributed by atoms with van der Waals surface area (Å²) in [5.74, 6) is -0.693. The monoisotopic (exact) mass is 263 g/mol. The van der Waals surface area contributed by atoms with Crippen LogP contribution in [0.4, 0.5) is 19.1 Å². The Kier molecular flexibility index (Phi) is 4.54. The van der Waals surface area contributed by atoms with E-state index in [0.717, 1.165) is 0 Å². The fourth-order valence-electron chi connectivity index (χ4n) is 0.996. The van der Waals surface area contributed by atoms with Crippen LogP contribution in [0.3, 0.4) is 0 Å². The standard InChI is InChI=1S/C9H12F3N5O/c1-5-6(2)16-17-8(14-5)15-7(18)3-13-4-9(10,11)12/h13H,3-4H2,1-2H3,(H,14,15,17,18). The summed E-state index contributed by atoms with van der Waals surface area (Å²) in [7, 11) is 0. The minimum absolute atomic E-state index is 0.0306. The van der Waals surface area contributed by atoms with Crippen LogP contribution in [0.2, 0.25) is 0 Å². The van der Waals surface area contributed by atoms with E-state index in [-0.39, 0.29) is 5.95 Å². The van der Waals surface area contributed by atoms with E-state index >= 15 is 0 Å². The Morgan fingerprint density at radius 3 is 2.44 bits per heavy atom. The number of carbonyl (C=O) groups excluding carboxylic acids is 1. The van der Waals surface area contributed by atoms with E-state index in [2.05, 4.69) is 20.5 Å². The lowest BCUT2D eigenvalue weighted by atomic mass is 10.4. The van der Waals surface area contributed by atoms with Crippen LogP contribution in [-0.2, 0) is 4.79 Å². The molecule has 1 rings (SSSR count). The van der Waals surface area contributed by atoms with Gasteiger partial charge in [-0.1, -0.05) is 0 Å². The highest BCUT2D eigenvalue weighted by Gasteiger charge is 2.26. The zero-order chi connectivity index (χ0) is 13.8. The van der Waals surface area contributed by atoms with Crippen LogP contribution >= 0.6 is 0 Å². The van der Waals surface area contributed by atoms with Crippen LogP contribution < -0.4 is 10.6 Å². The number of nitrogens with zero attached hydrogens (tertiary/aromatic N) is 3. The molecule has 0 fully saturated rings. The van der Waals surface area contributed by atoms with Crippen molar-refractivity contribution in [2.45, 2.75) is 20.0 Å². The van der Waals surface area contributed by atoms with Gasteiger partial charge in [0.05, 0.1) is 24.5 Å². The molecule has 0 saturated carbocycles. The Bertz CT molecular complexity index is 435. The first-order valence-electron chi connectivity index (χ1n) is 5.03. The van der Waals surface area contributed by atoms with Crippen molar-refractivity contribution in [3.8, 4) is 0 Å². The molecule has 0 unspecified atom stereocenters. The quantitative estimate of drug-likeness (QED) is 0.830. The van der Waals surface area contributed by atoms with Gasteiger partial charge >= 0.3 is 6.18 Å². The van der Waals surface area contributed by atoms with Gasteiger partial charge in [0.1, 0.15) is 0 Å². The van der Waals surface area contributed by atoms with E-state index < -0.39 is 25.2 Å². The van der Waals surface area contributed by atoms with Crippen LogP contribution in [0, 0.1) is 13.8 Å². The molecular weight excluding hydrogens is 251 g/mol. The number of rotatable bonds is 4. The normalized spacial score (nSPS) is 11.4. The Labute approximate surface area is 101 Å². The molecule has 0 aliphatic carbocycles. The number of aromatic nitrogens is 3. The molecule has 0 atom stereocenters. The van der Waals surface area contributed by atoms with E-state index in [9.17, 15) is 18.0 Å². The number of amides is 1. The molecule has 1 aromatic heterocycles. The number of alkyl halides is 3. The molecule has 0 aromatic carbocycles. The van der Waals surface area contributed by atoms with Crippen LogP contribution in [-0.4, -0.2) is 40.4 Å². The van der Waals surface area contributed by atoms with Gasteiger partial charge in [0, 0.05) is 0 Å². The zero-order valence-electron chi connectivity index (χ0n) is 9.80. The first kappa shape index (κ1) is 14.3. The first-order valence-corrected chi connectivity index (χ1v) is 5.03. The maximum Gasteiger partial charge on any atom is 0.401 e. The van der Waals surface area contributed by atoms with Crippen molar-refractivity contribution in [1.82, 2.24) is 20.5 Å². The molecule has 6 nitrogen and oxygen atoms in total. The van der Waals surface area contributed by atoms with Crippen LogP contribution in [0.5, 0.6) is 0 Å². The fraction of sp³-hybridized carbons (Fsp3) is 0.556. The molecular formula is C9H12F3N5O. The van der Waals surface area contributed by atoms with Gasteiger partial charge in [-0.2, -0.15) is 18.3 Å². The average molecular weight is 263 g/mol. The van der Waals surface area contributed by atoms with Crippen LogP contribution in [0.1, 0.15) is 11.4 Å². The fourth-order valence-corrected chi connectivity index (χ4v) is 0.996. The van der Waals surface area contributed by atoms with Crippen molar-refractivity contribution in [3.63, 3.8) is 0 Å². The predicted molar refractivity (Wildman–Crippen MR) is 56.9 cm³/mol. The molecule has 0 bridgehead atoms. The van der Waals surface area contributed by atoms with E-state index in [4.69, 9.17) is 0 Å². The van der Waals surface area contributed by atoms with Crippen LogP contribution in [0.25, 0.3) is 0 Å². The van der Waals surface area contributed by atoms with Gasteiger partial charge in [-0.25, -0.2) is 4.98 Å². The summed E-state index contributed by atoms with van der Waals surface area (Å²) in [6.45, 7) is 1.68. The lowest BCUT2D eigenvalue weighted by molar-refractivity contribution is -0.127. The molecule has 9 heteroatoms. The number of aryl methyl sites for hydroxylation is 2. The van der Waals surface area contributed by atoms with Gasteiger partial charge in [0.15, 0.2) is 0 Å². The zero-order valence-corrected chi connectivity index (χ0v) is 9.80. The maximum atomic E-state index is 11.8. The van der Waals surface area contributed by atoms with Crippen molar-refractivity contribution in [2.24, 2.45) is 0 Å². The smallest absolute Gasteiger partial charge is 0.300 e. The SMILES string of the molecule is Cc1nnc(NC(=O)CNCC(F)(F)F)nc1C. The van der Waals surface area contributed by atoms with E-state index in [1.54, 1.807) is 13.8 Å². The molecule has 1 amide bonds. The Morgan fingerprint density at radius 2 is 1.89 bits per heavy atom. The number of nitrogens with one attached hydrogen (secondary N) is 2. The van der Waals surface area contributed by atoms with Gasteiger partial charge < -0.3 is 5.32 Å². The second kappa shape index (κ2) is 5.71. The number of anilines is 1. The lowest BCUT2D eigenvalue weighted by Crippen LogP contribution is -2.35. The number of hydrogen-bond acceptors (Lipinski definition) is 5. The highest BCUT2D eigenvalue weighted by Crippen LogP contribution is 2.11. The Balaban J connectivity index is 2.42. The first-order chi connectivity index (χ1) is 8.28. The number of carbonyl (C=O) groups is 1. The summed E-state index contributed by atoms with van der Waals surface area (Å²) in [6, 6.07) is 0. The molecule has 1 aromatic rings. The van der Waals surface area contributed by atoms with Crippen LogP contribution in [0.15, 0.2) is 0 Å². The number of halogens is 3. The molecule has 0 aliphatic rings. The van der Waals surface area contributed by atoms with E-state index in [1.165, 1.54) is 0 Å². The van der Waals surface area contributed by atoms with Gasteiger partial charge in [-0.15, -0.1) is 5.10 Å². The summed E-state index contributed by atoms with van der Waals surface area (Å²) >= 11 is 0. The maximum absolute atomic E-state index is 11.8. The van der Waals surface area contributed by atoms with Crippen molar-refractivity contribution in [3.05, 3.63) is 11.4 Å². The number of hydrogen-bond donors (Lipinski definition) is 2. The summed E-state index contributed by atoms with van der Waals surface area (Å²) < 4.78 is 35.4. The highest BCUT2D eigenvalue weighted by molar-refractivity contribution is 5.90. The minimum atomic E-state index is -4.35. The lowest BCUT2D eigenvalue weighted by Gasteiger charge is -2.08. The third kappa shape index (κ3) is 5.04. The Hall–Kier alpha value is -1.77. The third-order valence-electron chi connectivity index (χ3n) is 1.95. The van der Waals surface area contributed by atoms with Gasteiger partial charge in [0.2, 0.25) is 11.9 Å². The van der Waals surface area contributed by atoms with Crippen molar-refractivity contribution in [1.29, 1.82) is 0 Å². The second-order valence-electron chi connectivity index (χ2n) is 3.57. The van der Waals surface area contributed by atoms with Crippen molar-refractivity contribution >= 4 is 11.9 Å². The summed E-state index contributed by atoms with van der Waals surface area (Å²) in [5, 5.41) is 11.5. The second-order valence-corrected chi connectivity index (χ2v) is 3.57. The van der Waals surface area contributed by atoms with Gasteiger partial charge in [0.25, 0.3) is 0 Å². The third-order valence-corrected chi connectivity index (χ3v) is 1.95. The molecule has 0 radical (unpaired) electrons. The molecule has 1 heterocycles. The minimum Gasteiger partial charge on any atom is -0.300 e.